The number of thiophene rings is 1. The average molecular weight is 463 g/mol. The van der Waals surface area contributed by atoms with Gasteiger partial charge in [0, 0.05) is 27.6 Å². The summed E-state index contributed by atoms with van der Waals surface area (Å²) in [6.45, 7) is 6.83. The molecule has 0 bridgehead atoms. The number of carbonyl (C=O) groups excluding carboxylic acids is 1. The van der Waals surface area contributed by atoms with Gasteiger partial charge >= 0.3 is 0 Å². The van der Waals surface area contributed by atoms with Gasteiger partial charge in [0.15, 0.2) is 5.65 Å². The normalized spacial score (nSPS) is 17.5. The molecule has 0 aromatic carbocycles. The Hall–Kier alpha value is -2.71. The molecule has 172 valence electrons. The van der Waals surface area contributed by atoms with Crippen LogP contribution in [-0.2, 0) is 17.6 Å². The summed E-state index contributed by atoms with van der Waals surface area (Å²) in [5, 5.41) is 5.82. The highest BCUT2D eigenvalue weighted by Gasteiger charge is 2.28. The van der Waals surface area contributed by atoms with E-state index in [0.717, 1.165) is 44.4 Å². The van der Waals surface area contributed by atoms with Crippen molar-refractivity contribution in [3.63, 3.8) is 0 Å². The first-order valence-corrected chi connectivity index (χ1v) is 12.8. The molecular weight excluding hydrogens is 432 g/mol. The minimum absolute atomic E-state index is 0.234. The highest BCUT2D eigenvalue weighted by molar-refractivity contribution is 7.18. The third-order valence-electron chi connectivity index (χ3n) is 7.40. The van der Waals surface area contributed by atoms with Crippen molar-refractivity contribution in [2.24, 2.45) is 5.73 Å². The lowest BCUT2D eigenvalue weighted by molar-refractivity contribution is -0.119. The molecule has 0 saturated carbocycles. The maximum absolute atomic E-state index is 11.2. The predicted molar refractivity (Wildman–Crippen MR) is 132 cm³/mol. The van der Waals surface area contributed by atoms with Crippen molar-refractivity contribution in [2.75, 3.05) is 19.6 Å². The number of aromatic amines is 1. The molecule has 0 radical (unpaired) electrons. The van der Waals surface area contributed by atoms with E-state index in [-0.39, 0.29) is 5.91 Å². The molecule has 0 spiro atoms. The van der Waals surface area contributed by atoms with Crippen LogP contribution in [0.1, 0.15) is 66.5 Å². The zero-order valence-electron chi connectivity index (χ0n) is 19.2. The third kappa shape index (κ3) is 3.47. The van der Waals surface area contributed by atoms with Gasteiger partial charge in [-0.05, 0) is 74.2 Å². The van der Waals surface area contributed by atoms with Crippen LogP contribution in [0.5, 0.6) is 0 Å². The Bertz CT molecular complexity index is 1350. The first kappa shape index (κ1) is 20.9. The molecule has 33 heavy (non-hydrogen) atoms. The van der Waals surface area contributed by atoms with Crippen LogP contribution in [0.3, 0.4) is 0 Å². The molecule has 6 rings (SSSR count). The highest BCUT2D eigenvalue weighted by atomic mass is 32.1. The van der Waals surface area contributed by atoms with Crippen LogP contribution in [0.25, 0.3) is 27.1 Å². The number of likely N-dealkylation sites (tertiary alicyclic amines) is 1. The number of H-pyrrole nitrogens is 1. The zero-order chi connectivity index (χ0) is 22.7. The van der Waals surface area contributed by atoms with Crippen LogP contribution >= 0.6 is 11.3 Å². The van der Waals surface area contributed by atoms with Crippen molar-refractivity contribution in [3.8, 4) is 11.3 Å². The Labute approximate surface area is 197 Å². The number of nitrogens with one attached hydrogen (secondary N) is 1. The molecule has 8 heteroatoms. The van der Waals surface area contributed by atoms with Crippen molar-refractivity contribution in [1.82, 2.24) is 24.5 Å². The maximum atomic E-state index is 11.2. The number of piperidine rings is 1. The highest BCUT2D eigenvalue weighted by Crippen LogP contribution is 2.44. The Morgan fingerprint density at radius 3 is 2.82 bits per heavy atom. The third-order valence-corrected chi connectivity index (χ3v) is 8.62. The largest absolute Gasteiger partial charge is 0.369 e. The van der Waals surface area contributed by atoms with Gasteiger partial charge in [-0.15, -0.1) is 11.3 Å². The lowest BCUT2D eigenvalue weighted by Gasteiger charge is -2.30. The van der Waals surface area contributed by atoms with Gasteiger partial charge in [-0.25, -0.2) is 9.50 Å². The molecule has 4 aromatic heterocycles. The van der Waals surface area contributed by atoms with E-state index in [1.54, 1.807) is 6.33 Å². The van der Waals surface area contributed by atoms with Crippen LogP contribution in [0.2, 0.25) is 0 Å². The Morgan fingerprint density at radius 1 is 1.27 bits per heavy atom. The summed E-state index contributed by atoms with van der Waals surface area (Å²) in [5.74, 6) is 0.735. The van der Waals surface area contributed by atoms with Crippen LogP contribution in [0.15, 0.2) is 18.6 Å². The average Bonchev–Trinajstić information content (AvgIpc) is 3.54. The van der Waals surface area contributed by atoms with Gasteiger partial charge in [-0.1, -0.05) is 13.8 Å². The van der Waals surface area contributed by atoms with Crippen molar-refractivity contribution >= 4 is 33.1 Å². The quantitative estimate of drug-likeness (QED) is 0.465. The number of hydrogen-bond donors (Lipinski definition) is 2. The number of rotatable bonds is 5. The number of aryl methyl sites for hydroxylation is 1. The summed E-state index contributed by atoms with van der Waals surface area (Å²) in [6, 6.07) is 2.43. The van der Waals surface area contributed by atoms with Crippen molar-refractivity contribution in [1.29, 1.82) is 0 Å². The topological polar surface area (TPSA) is 92.3 Å². The number of pyridine rings is 1. The number of aromatic nitrogens is 4. The second-order valence-electron chi connectivity index (χ2n) is 9.86. The number of carbonyl (C=O) groups is 1. The lowest BCUT2D eigenvalue weighted by atomic mass is 9.92. The van der Waals surface area contributed by atoms with Crippen molar-refractivity contribution in [2.45, 2.75) is 57.8 Å². The van der Waals surface area contributed by atoms with Crippen LogP contribution in [0, 0.1) is 0 Å². The zero-order valence-corrected chi connectivity index (χ0v) is 20.0. The van der Waals surface area contributed by atoms with E-state index < -0.39 is 0 Å². The summed E-state index contributed by atoms with van der Waals surface area (Å²) in [4.78, 5) is 24.5. The Kier molecular flexibility index (Phi) is 5.03. The van der Waals surface area contributed by atoms with Gasteiger partial charge in [0.1, 0.15) is 11.2 Å². The Balaban J connectivity index is 1.38. The molecule has 3 N–H and O–H groups in total. The minimum Gasteiger partial charge on any atom is -0.369 e. The van der Waals surface area contributed by atoms with Crippen molar-refractivity contribution < 1.29 is 4.79 Å². The summed E-state index contributed by atoms with van der Waals surface area (Å²) >= 11 is 1.90. The number of nitrogens with two attached hydrogens (primary N) is 1. The van der Waals surface area contributed by atoms with E-state index in [1.165, 1.54) is 49.5 Å². The molecule has 0 atom stereocenters. The monoisotopic (exact) mass is 462 g/mol. The predicted octanol–water partition coefficient (Wildman–Crippen LogP) is 4.22. The number of hydrogen-bond acceptors (Lipinski definition) is 5. The number of primary amides is 1. The van der Waals surface area contributed by atoms with Gasteiger partial charge in [-0.2, -0.15) is 5.10 Å². The first-order chi connectivity index (χ1) is 16.0. The maximum Gasteiger partial charge on any atom is 0.231 e. The molecule has 2 aliphatic rings. The summed E-state index contributed by atoms with van der Waals surface area (Å²) < 4.78 is 1.95. The van der Waals surface area contributed by atoms with E-state index in [2.05, 4.69) is 46.1 Å². The van der Waals surface area contributed by atoms with Crippen LogP contribution < -0.4 is 5.73 Å². The molecule has 7 nitrogen and oxygen atoms in total. The fourth-order valence-corrected chi connectivity index (χ4v) is 7.14. The second-order valence-corrected chi connectivity index (χ2v) is 10.9. The van der Waals surface area contributed by atoms with E-state index in [0.29, 0.717) is 18.4 Å². The molecular formula is C25H30N6OS. The molecule has 1 saturated heterocycles. The second kappa shape index (κ2) is 7.95. The number of fused-ring (bicyclic) bond motifs is 4. The fraction of sp³-hybridized carbons (Fsp3) is 0.480. The van der Waals surface area contributed by atoms with Gasteiger partial charge in [-0.3, -0.25) is 9.69 Å². The van der Waals surface area contributed by atoms with E-state index >= 15 is 0 Å². The summed E-state index contributed by atoms with van der Waals surface area (Å²) in [6.07, 6.45) is 9.36. The number of amides is 1. The van der Waals surface area contributed by atoms with Gasteiger partial charge in [0.2, 0.25) is 5.91 Å². The molecule has 0 unspecified atom stereocenters. The van der Waals surface area contributed by atoms with E-state index in [1.807, 2.05) is 15.9 Å². The van der Waals surface area contributed by atoms with E-state index in [9.17, 15) is 4.79 Å². The van der Waals surface area contributed by atoms with Gasteiger partial charge < -0.3 is 10.7 Å². The molecule has 5 heterocycles. The lowest BCUT2D eigenvalue weighted by Crippen LogP contribution is -2.38. The fourth-order valence-electron chi connectivity index (χ4n) is 5.89. The van der Waals surface area contributed by atoms with Gasteiger partial charge in [0.25, 0.3) is 0 Å². The Morgan fingerprint density at radius 2 is 2.06 bits per heavy atom. The minimum atomic E-state index is -0.234. The van der Waals surface area contributed by atoms with E-state index in [4.69, 9.17) is 5.73 Å². The molecule has 1 amide bonds. The molecule has 4 aromatic rings. The first-order valence-electron chi connectivity index (χ1n) is 12.0. The van der Waals surface area contributed by atoms with Gasteiger partial charge in [0.05, 0.1) is 12.2 Å². The molecule has 1 aliphatic carbocycles. The smallest absolute Gasteiger partial charge is 0.231 e. The molecule has 1 aliphatic heterocycles. The molecule has 1 fully saturated rings. The summed E-state index contributed by atoms with van der Waals surface area (Å²) in [5.41, 5.74) is 13.1. The standard InChI is InChI=1S/C25H30N6OS/c1-14(2)22-18-10-20(15-6-8-30(9-7-15)12-21(26)32)33-25(18)29-23(22)19-11-31-24(27-13-28-31)17-5-3-4-16(17)19/h10-11,13-15,29H,3-9,12H2,1-2H3,(H2,26,32). The SMILES string of the molecule is CC(C)c1c(-c2cn3ncnc3c3c2CCC3)[nH]c2sc(C3CCN(CC(N)=O)CC3)cc12. The summed E-state index contributed by atoms with van der Waals surface area (Å²) in [7, 11) is 0. The van der Waals surface area contributed by atoms with Crippen LogP contribution in [-0.4, -0.2) is 50.0 Å². The number of nitrogens with zero attached hydrogens (tertiary/aromatic N) is 4. The van der Waals surface area contributed by atoms with Crippen LogP contribution in [0.4, 0.5) is 0 Å². The van der Waals surface area contributed by atoms with Crippen molar-refractivity contribution in [3.05, 3.63) is 40.2 Å².